The third-order valence-electron chi connectivity index (χ3n) is 4.73. The highest BCUT2D eigenvalue weighted by atomic mass is 127. The molecule has 2 aliphatic rings. The van der Waals surface area contributed by atoms with E-state index in [0.29, 0.717) is 46.0 Å². The topological polar surface area (TPSA) is 104 Å². The smallest absolute Gasteiger partial charge is 0.236 e. The van der Waals surface area contributed by atoms with Gasteiger partial charge in [0.1, 0.15) is 9.84 Å². The Labute approximate surface area is 190 Å². The SMILES string of the molecule is CN=C(NCCOCCS(C)(=O)=O)N1CCN(CC(=O)N2CCOCC2)CC1.I. The van der Waals surface area contributed by atoms with Gasteiger partial charge in [0.25, 0.3) is 0 Å². The highest BCUT2D eigenvalue weighted by molar-refractivity contribution is 14.0. The molecule has 2 fully saturated rings. The number of ether oxygens (including phenoxy) is 2. The molecule has 29 heavy (non-hydrogen) atoms. The second-order valence-electron chi connectivity index (χ2n) is 6.97. The maximum Gasteiger partial charge on any atom is 0.236 e. The van der Waals surface area contributed by atoms with Crippen molar-refractivity contribution in [2.75, 3.05) is 97.8 Å². The van der Waals surface area contributed by atoms with Crippen molar-refractivity contribution in [3.8, 4) is 0 Å². The van der Waals surface area contributed by atoms with Gasteiger partial charge in [-0.2, -0.15) is 0 Å². The minimum absolute atomic E-state index is 0. The molecule has 2 aliphatic heterocycles. The molecule has 0 saturated carbocycles. The first-order chi connectivity index (χ1) is 13.4. The summed E-state index contributed by atoms with van der Waals surface area (Å²) in [5.74, 6) is 1.00. The van der Waals surface area contributed by atoms with E-state index in [-0.39, 0.29) is 42.2 Å². The molecule has 1 N–H and O–H groups in total. The second-order valence-corrected chi connectivity index (χ2v) is 9.23. The molecule has 0 radical (unpaired) electrons. The molecule has 10 nitrogen and oxygen atoms in total. The van der Waals surface area contributed by atoms with Gasteiger partial charge in [0.15, 0.2) is 5.96 Å². The standard InChI is InChI=1S/C17H33N5O5S.HI/c1-18-17(19-3-10-26-13-14-28(2,24)25)22-6-4-20(5-7-22)15-16(23)21-8-11-27-12-9-21;/h3-15H2,1-2H3,(H,18,19);1H. The third kappa shape index (κ3) is 10.2. The van der Waals surface area contributed by atoms with Crippen molar-refractivity contribution in [3.05, 3.63) is 0 Å². The van der Waals surface area contributed by atoms with Crippen LogP contribution in [0.25, 0.3) is 0 Å². The molecule has 1 amide bonds. The van der Waals surface area contributed by atoms with E-state index in [0.717, 1.165) is 32.1 Å². The van der Waals surface area contributed by atoms with Gasteiger partial charge in [0, 0.05) is 59.1 Å². The zero-order valence-corrected chi connectivity index (χ0v) is 20.5. The summed E-state index contributed by atoms with van der Waals surface area (Å²) in [5.41, 5.74) is 0. The van der Waals surface area contributed by atoms with Gasteiger partial charge in [-0.05, 0) is 0 Å². The highest BCUT2D eigenvalue weighted by Gasteiger charge is 2.24. The molecule has 0 bridgehead atoms. The molecule has 2 rings (SSSR count). The van der Waals surface area contributed by atoms with Crippen LogP contribution in [0.1, 0.15) is 0 Å². The highest BCUT2D eigenvalue weighted by Crippen LogP contribution is 2.05. The molecule has 2 saturated heterocycles. The van der Waals surface area contributed by atoms with Crippen molar-refractivity contribution < 1.29 is 22.7 Å². The fraction of sp³-hybridized carbons (Fsp3) is 0.882. The number of piperazine rings is 1. The van der Waals surface area contributed by atoms with Crippen molar-refractivity contribution in [3.63, 3.8) is 0 Å². The molecule has 0 aromatic rings. The summed E-state index contributed by atoms with van der Waals surface area (Å²) in [6, 6.07) is 0. The average molecular weight is 547 g/mol. The minimum Gasteiger partial charge on any atom is -0.379 e. The van der Waals surface area contributed by atoms with Gasteiger partial charge in [-0.1, -0.05) is 0 Å². The lowest BCUT2D eigenvalue weighted by Gasteiger charge is -2.37. The number of nitrogens with zero attached hydrogens (tertiary/aromatic N) is 4. The van der Waals surface area contributed by atoms with Crippen molar-refractivity contribution in [1.82, 2.24) is 20.0 Å². The number of hydrogen-bond donors (Lipinski definition) is 1. The Kier molecular flexibility index (Phi) is 12.3. The van der Waals surface area contributed by atoms with Crippen LogP contribution >= 0.6 is 24.0 Å². The van der Waals surface area contributed by atoms with Crippen molar-refractivity contribution in [2.24, 2.45) is 4.99 Å². The van der Waals surface area contributed by atoms with Crippen LogP contribution in [0.4, 0.5) is 0 Å². The lowest BCUT2D eigenvalue weighted by molar-refractivity contribution is -0.136. The van der Waals surface area contributed by atoms with Crippen molar-refractivity contribution >= 4 is 45.7 Å². The summed E-state index contributed by atoms with van der Waals surface area (Å²) in [4.78, 5) is 22.9. The summed E-state index contributed by atoms with van der Waals surface area (Å²) in [6.45, 7) is 7.46. The van der Waals surface area contributed by atoms with Gasteiger partial charge in [-0.25, -0.2) is 8.42 Å². The van der Waals surface area contributed by atoms with E-state index >= 15 is 0 Å². The van der Waals surface area contributed by atoms with E-state index in [1.54, 1.807) is 7.05 Å². The van der Waals surface area contributed by atoms with Crippen molar-refractivity contribution in [1.29, 1.82) is 0 Å². The number of hydrogen-bond acceptors (Lipinski definition) is 7. The number of nitrogens with one attached hydrogen (secondary N) is 1. The first-order valence-corrected chi connectivity index (χ1v) is 11.7. The summed E-state index contributed by atoms with van der Waals surface area (Å²) in [7, 11) is -1.25. The fourth-order valence-electron chi connectivity index (χ4n) is 3.10. The minimum atomic E-state index is -2.99. The number of morpholine rings is 1. The van der Waals surface area contributed by atoms with E-state index in [1.165, 1.54) is 6.26 Å². The normalized spacial score (nSPS) is 19.0. The number of guanidine groups is 1. The maximum atomic E-state index is 12.4. The average Bonchev–Trinajstić information content (AvgIpc) is 2.68. The lowest BCUT2D eigenvalue weighted by Crippen LogP contribution is -2.55. The molecular weight excluding hydrogens is 513 g/mol. The Bertz CT molecular complexity index is 620. The number of carbonyl (C=O) groups is 1. The summed E-state index contributed by atoms with van der Waals surface area (Å²) in [6.07, 6.45) is 1.20. The lowest BCUT2D eigenvalue weighted by atomic mass is 10.3. The molecule has 0 aromatic carbocycles. The first-order valence-electron chi connectivity index (χ1n) is 9.68. The Hall–Kier alpha value is -0.700. The molecule has 0 atom stereocenters. The fourth-order valence-corrected chi connectivity index (χ4v) is 3.52. The number of halogens is 1. The predicted octanol–water partition coefficient (Wildman–Crippen LogP) is -1.28. The van der Waals surface area contributed by atoms with E-state index in [2.05, 4.69) is 20.1 Å². The monoisotopic (exact) mass is 547 g/mol. The van der Waals surface area contributed by atoms with E-state index in [4.69, 9.17) is 9.47 Å². The number of sulfone groups is 1. The van der Waals surface area contributed by atoms with Gasteiger partial charge in [0.05, 0.1) is 38.7 Å². The van der Waals surface area contributed by atoms with Crippen LogP contribution in [-0.2, 0) is 24.1 Å². The van der Waals surface area contributed by atoms with Gasteiger partial charge >= 0.3 is 0 Å². The van der Waals surface area contributed by atoms with Gasteiger partial charge in [-0.15, -0.1) is 24.0 Å². The molecular formula is C17H34IN5O5S. The zero-order chi connectivity index (χ0) is 20.4. The van der Waals surface area contributed by atoms with Gasteiger partial charge < -0.3 is 24.6 Å². The van der Waals surface area contributed by atoms with E-state index in [1.807, 2.05) is 4.90 Å². The van der Waals surface area contributed by atoms with Crippen LogP contribution in [0.3, 0.4) is 0 Å². The molecule has 0 spiro atoms. The quantitative estimate of drug-likeness (QED) is 0.174. The Balaban J connectivity index is 0.00000420. The van der Waals surface area contributed by atoms with E-state index < -0.39 is 9.84 Å². The molecule has 2 heterocycles. The Morgan fingerprint density at radius 3 is 2.31 bits per heavy atom. The zero-order valence-electron chi connectivity index (χ0n) is 17.3. The van der Waals surface area contributed by atoms with E-state index in [9.17, 15) is 13.2 Å². The van der Waals surface area contributed by atoms with Crippen LogP contribution < -0.4 is 5.32 Å². The summed E-state index contributed by atoms with van der Waals surface area (Å²) in [5, 5.41) is 3.24. The van der Waals surface area contributed by atoms with Crippen LogP contribution in [0.5, 0.6) is 0 Å². The number of rotatable bonds is 8. The first kappa shape index (κ1) is 26.3. The molecule has 0 aliphatic carbocycles. The summed E-state index contributed by atoms with van der Waals surface area (Å²) < 4.78 is 32.7. The Morgan fingerprint density at radius 2 is 1.72 bits per heavy atom. The molecule has 12 heteroatoms. The van der Waals surface area contributed by atoms with Gasteiger partial charge in [-0.3, -0.25) is 14.7 Å². The number of amides is 1. The van der Waals surface area contributed by atoms with Gasteiger partial charge in [0.2, 0.25) is 5.91 Å². The van der Waals surface area contributed by atoms with Crippen LogP contribution in [0, 0.1) is 0 Å². The Morgan fingerprint density at radius 1 is 1.07 bits per heavy atom. The number of aliphatic imine (C=N–C) groups is 1. The third-order valence-corrected chi connectivity index (χ3v) is 5.64. The van der Waals surface area contributed by atoms with Crippen LogP contribution in [0.2, 0.25) is 0 Å². The predicted molar refractivity (Wildman–Crippen MR) is 123 cm³/mol. The number of carbonyl (C=O) groups excluding carboxylic acids is 1. The molecule has 0 aromatic heterocycles. The maximum absolute atomic E-state index is 12.4. The molecule has 170 valence electrons. The molecule has 0 unspecified atom stereocenters. The summed E-state index contributed by atoms with van der Waals surface area (Å²) >= 11 is 0. The van der Waals surface area contributed by atoms with Crippen molar-refractivity contribution in [2.45, 2.75) is 0 Å². The largest absolute Gasteiger partial charge is 0.379 e. The van der Waals surface area contributed by atoms with Crippen LogP contribution in [0.15, 0.2) is 4.99 Å². The second kappa shape index (κ2) is 13.6. The van der Waals surface area contributed by atoms with Crippen LogP contribution in [-0.4, -0.2) is 133 Å².